The number of amides is 1. The summed E-state index contributed by atoms with van der Waals surface area (Å²) in [6, 6.07) is 0. The van der Waals surface area contributed by atoms with Gasteiger partial charge in [-0.2, -0.15) is 5.10 Å². The quantitative estimate of drug-likeness (QED) is 0.876. The van der Waals surface area contributed by atoms with Crippen molar-refractivity contribution in [2.75, 3.05) is 32.1 Å². The van der Waals surface area contributed by atoms with Crippen LogP contribution >= 0.6 is 0 Å². The molecule has 0 bridgehead atoms. The monoisotopic (exact) mass is 279 g/mol. The van der Waals surface area contributed by atoms with E-state index in [-0.39, 0.29) is 5.91 Å². The summed E-state index contributed by atoms with van der Waals surface area (Å²) < 4.78 is 1.89. The molecule has 6 heteroatoms. The first-order valence-corrected chi connectivity index (χ1v) is 7.01. The molecule has 1 aromatic rings. The summed E-state index contributed by atoms with van der Waals surface area (Å²) >= 11 is 0. The van der Waals surface area contributed by atoms with Gasteiger partial charge >= 0.3 is 0 Å². The van der Waals surface area contributed by atoms with Crippen LogP contribution in [0.5, 0.6) is 0 Å². The van der Waals surface area contributed by atoms with Crippen LogP contribution in [0.3, 0.4) is 0 Å². The van der Waals surface area contributed by atoms with Gasteiger partial charge in [0.05, 0.1) is 5.69 Å². The van der Waals surface area contributed by atoms with Crippen molar-refractivity contribution >= 4 is 11.7 Å². The van der Waals surface area contributed by atoms with Crippen molar-refractivity contribution in [3.63, 3.8) is 0 Å². The van der Waals surface area contributed by atoms with Crippen LogP contribution in [-0.2, 0) is 18.4 Å². The molecule has 1 amide bonds. The minimum absolute atomic E-state index is 0.151. The highest BCUT2D eigenvalue weighted by molar-refractivity contribution is 5.90. The van der Waals surface area contributed by atoms with Crippen LogP contribution in [0, 0.1) is 6.92 Å². The summed E-state index contributed by atoms with van der Waals surface area (Å²) in [6.07, 6.45) is 0. The molecule has 0 saturated carbocycles. The molecule has 112 valence electrons. The van der Waals surface area contributed by atoms with E-state index >= 15 is 0 Å². The lowest BCUT2D eigenvalue weighted by molar-refractivity contribution is -0.136. The number of carbonyl (C=O) groups excluding carboxylic acids is 1. The van der Waals surface area contributed by atoms with Gasteiger partial charge in [-0.25, -0.2) is 0 Å². The van der Waals surface area contributed by atoms with Gasteiger partial charge in [-0.1, -0.05) is 0 Å². The number of aromatic nitrogens is 2. The number of rotatable bonds is 3. The first-order chi connectivity index (χ1) is 9.30. The fourth-order valence-electron chi connectivity index (χ4n) is 3.00. The fourth-order valence-corrected chi connectivity index (χ4v) is 3.00. The van der Waals surface area contributed by atoms with Crippen LogP contribution < -0.4 is 10.2 Å². The van der Waals surface area contributed by atoms with E-state index in [0.29, 0.717) is 0 Å². The van der Waals surface area contributed by atoms with E-state index in [2.05, 4.69) is 15.3 Å². The third-order valence-electron chi connectivity index (χ3n) is 4.13. The summed E-state index contributed by atoms with van der Waals surface area (Å²) in [5.41, 5.74) is 1.63. The lowest BCUT2D eigenvalue weighted by Crippen LogP contribution is -2.63. The predicted molar refractivity (Wildman–Crippen MR) is 79.8 cm³/mol. The number of anilines is 1. The molecule has 1 aliphatic rings. The second kappa shape index (κ2) is 5.09. The third-order valence-corrected chi connectivity index (χ3v) is 4.13. The van der Waals surface area contributed by atoms with Gasteiger partial charge in [0.15, 0.2) is 0 Å². The predicted octanol–water partition coefficient (Wildman–Crippen LogP) is 0.505. The van der Waals surface area contributed by atoms with Crippen molar-refractivity contribution < 1.29 is 4.79 Å². The molecule has 1 saturated heterocycles. The van der Waals surface area contributed by atoms with E-state index in [0.717, 1.165) is 31.1 Å². The first kappa shape index (κ1) is 14.8. The zero-order valence-corrected chi connectivity index (χ0v) is 13.3. The largest absolute Gasteiger partial charge is 0.342 e. The Balaban J connectivity index is 2.48. The smallest absolute Gasteiger partial charge is 0.247 e. The number of piperazine rings is 1. The zero-order valence-electron chi connectivity index (χ0n) is 13.3. The Kier molecular flexibility index (Phi) is 3.77. The highest BCUT2D eigenvalue weighted by Gasteiger charge is 2.42. The van der Waals surface area contributed by atoms with Crippen LogP contribution in [0.4, 0.5) is 5.82 Å². The Bertz CT molecular complexity index is 520. The Hall–Kier alpha value is -1.56. The Morgan fingerprint density at radius 2 is 1.95 bits per heavy atom. The van der Waals surface area contributed by atoms with Crippen molar-refractivity contribution in [3.05, 3.63) is 11.3 Å². The minimum Gasteiger partial charge on any atom is -0.342 e. The molecule has 0 aliphatic carbocycles. The van der Waals surface area contributed by atoms with Gasteiger partial charge in [-0.15, -0.1) is 0 Å². The molecule has 1 N–H and O–H groups in total. The number of nitrogens with one attached hydrogen (secondary N) is 1. The molecule has 1 aromatic heterocycles. The van der Waals surface area contributed by atoms with Crippen molar-refractivity contribution in [2.24, 2.45) is 7.05 Å². The molecule has 0 aromatic carbocycles. The number of hydrogen-bond acceptors (Lipinski definition) is 4. The number of aryl methyl sites for hydroxylation is 2. The zero-order chi connectivity index (χ0) is 15.1. The number of nitrogens with zero attached hydrogens (tertiary/aromatic N) is 4. The average Bonchev–Trinajstić information content (AvgIpc) is 2.63. The van der Waals surface area contributed by atoms with E-state index < -0.39 is 5.54 Å². The molecule has 1 fully saturated rings. The minimum atomic E-state index is -0.546. The van der Waals surface area contributed by atoms with Crippen LogP contribution in [0.1, 0.15) is 25.1 Å². The molecule has 0 spiro atoms. The standard InChI is InChI=1S/C14H25N5O/c1-10-11(9-15-4)12(18(6)16-10)19-8-7-17(5)13(20)14(19,2)3/h15H,7-9H2,1-6H3. The molecule has 2 rings (SSSR count). The van der Waals surface area contributed by atoms with E-state index in [1.54, 1.807) is 4.90 Å². The lowest BCUT2D eigenvalue weighted by Gasteiger charge is -2.46. The molecular weight excluding hydrogens is 254 g/mol. The van der Waals surface area contributed by atoms with Gasteiger partial charge in [0.25, 0.3) is 0 Å². The SMILES string of the molecule is CNCc1c(C)nn(C)c1N1CCN(C)C(=O)C1(C)C. The molecule has 1 aliphatic heterocycles. The van der Waals surface area contributed by atoms with Crippen LogP contribution in [0.2, 0.25) is 0 Å². The summed E-state index contributed by atoms with van der Waals surface area (Å²) in [7, 11) is 5.74. The molecule has 2 heterocycles. The number of carbonyl (C=O) groups is 1. The Labute approximate surface area is 120 Å². The maximum absolute atomic E-state index is 12.5. The van der Waals surface area contributed by atoms with Crippen LogP contribution in [0.25, 0.3) is 0 Å². The molecule has 6 nitrogen and oxygen atoms in total. The van der Waals surface area contributed by atoms with Gasteiger partial charge in [-0.05, 0) is 27.8 Å². The van der Waals surface area contributed by atoms with Gasteiger partial charge in [0.1, 0.15) is 11.4 Å². The van der Waals surface area contributed by atoms with E-state index in [4.69, 9.17) is 0 Å². The van der Waals surface area contributed by atoms with E-state index in [1.807, 2.05) is 46.6 Å². The topological polar surface area (TPSA) is 53.4 Å². The van der Waals surface area contributed by atoms with E-state index in [9.17, 15) is 4.79 Å². The second-order valence-electron chi connectivity index (χ2n) is 5.98. The maximum Gasteiger partial charge on any atom is 0.247 e. The molecule has 0 unspecified atom stereocenters. The fraction of sp³-hybridized carbons (Fsp3) is 0.714. The third kappa shape index (κ3) is 2.18. The molecule has 0 atom stereocenters. The summed E-state index contributed by atoms with van der Waals surface area (Å²) in [5, 5.41) is 7.71. The van der Waals surface area contributed by atoms with Crippen LogP contribution in [0.15, 0.2) is 0 Å². The Morgan fingerprint density at radius 1 is 1.30 bits per heavy atom. The summed E-state index contributed by atoms with van der Waals surface area (Å²) in [5.74, 6) is 1.20. The van der Waals surface area contributed by atoms with Gasteiger partial charge in [0.2, 0.25) is 5.91 Å². The highest BCUT2D eigenvalue weighted by atomic mass is 16.2. The molecule has 20 heavy (non-hydrogen) atoms. The van der Waals surface area contributed by atoms with E-state index in [1.165, 1.54) is 5.56 Å². The van der Waals surface area contributed by atoms with Gasteiger partial charge in [-0.3, -0.25) is 9.48 Å². The molecular formula is C14H25N5O. The second-order valence-corrected chi connectivity index (χ2v) is 5.98. The Morgan fingerprint density at radius 3 is 2.55 bits per heavy atom. The van der Waals surface area contributed by atoms with Crippen molar-refractivity contribution in [2.45, 2.75) is 32.9 Å². The number of hydrogen-bond donors (Lipinski definition) is 1. The van der Waals surface area contributed by atoms with Crippen molar-refractivity contribution in [1.29, 1.82) is 0 Å². The highest BCUT2D eigenvalue weighted by Crippen LogP contribution is 2.32. The summed E-state index contributed by atoms with van der Waals surface area (Å²) in [4.78, 5) is 16.4. The molecule has 0 radical (unpaired) electrons. The summed E-state index contributed by atoms with van der Waals surface area (Å²) in [6.45, 7) is 8.30. The number of likely N-dealkylation sites (N-methyl/N-ethyl adjacent to an activating group) is 1. The van der Waals surface area contributed by atoms with Crippen LogP contribution in [-0.4, -0.2) is 53.3 Å². The average molecular weight is 279 g/mol. The lowest BCUT2D eigenvalue weighted by atomic mass is 9.97. The van der Waals surface area contributed by atoms with Crippen molar-refractivity contribution in [1.82, 2.24) is 20.0 Å². The van der Waals surface area contributed by atoms with Gasteiger partial charge in [0, 0.05) is 39.3 Å². The van der Waals surface area contributed by atoms with Gasteiger partial charge < -0.3 is 15.1 Å². The maximum atomic E-state index is 12.5. The normalized spacial score (nSPS) is 18.8. The van der Waals surface area contributed by atoms with Crippen molar-refractivity contribution in [3.8, 4) is 0 Å². The first-order valence-electron chi connectivity index (χ1n) is 7.01.